The highest BCUT2D eigenvalue weighted by Crippen LogP contribution is 2.26. The van der Waals surface area contributed by atoms with Crippen LogP contribution >= 0.6 is 22.9 Å². The summed E-state index contributed by atoms with van der Waals surface area (Å²) in [7, 11) is 1.61. The number of carbonyl (C=O) groups excluding carboxylic acids is 1. The molecule has 0 aliphatic carbocycles. The quantitative estimate of drug-likeness (QED) is 0.597. The van der Waals surface area contributed by atoms with Gasteiger partial charge in [-0.1, -0.05) is 48.0 Å². The van der Waals surface area contributed by atoms with Gasteiger partial charge in [0.1, 0.15) is 5.75 Å². The normalized spacial score (nSPS) is 10.5. The van der Waals surface area contributed by atoms with E-state index in [1.165, 1.54) is 0 Å². The number of hydrogen-bond acceptors (Lipinski definition) is 3. The summed E-state index contributed by atoms with van der Waals surface area (Å²) < 4.78 is 5.36. The topological polar surface area (TPSA) is 29.5 Å². The molecule has 0 bridgehead atoms. The first kappa shape index (κ1) is 17.5. The van der Waals surface area contributed by atoms with Crippen molar-refractivity contribution in [1.29, 1.82) is 0 Å². The lowest BCUT2D eigenvalue weighted by Crippen LogP contribution is -2.31. The Kier molecular flexibility index (Phi) is 5.74. The van der Waals surface area contributed by atoms with E-state index in [0.29, 0.717) is 11.6 Å². The van der Waals surface area contributed by atoms with Crippen molar-refractivity contribution in [3.05, 3.63) is 81.5 Å². The van der Waals surface area contributed by atoms with Crippen molar-refractivity contribution in [2.45, 2.75) is 13.0 Å². The number of amides is 1. The first-order valence-electron chi connectivity index (χ1n) is 7.87. The van der Waals surface area contributed by atoms with Gasteiger partial charge < -0.3 is 9.64 Å². The molecule has 0 saturated heterocycles. The Balaban J connectivity index is 1.87. The lowest BCUT2D eigenvalue weighted by molar-refractivity contribution is -0.118. The highest BCUT2D eigenvalue weighted by Gasteiger charge is 2.19. The molecule has 0 atom stereocenters. The number of rotatable bonds is 6. The highest BCUT2D eigenvalue weighted by atomic mass is 35.5. The van der Waals surface area contributed by atoms with Gasteiger partial charge in [0.25, 0.3) is 0 Å². The fourth-order valence-electron chi connectivity index (χ4n) is 2.64. The Labute approximate surface area is 156 Å². The van der Waals surface area contributed by atoms with Crippen LogP contribution in [-0.2, 0) is 17.8 Å². The van der Waals surface area contributed by atoms with Crippen LogP contribution in [0.3, 0.4) is 0 Å². The smallest absolute Gasteiger partial charge is 0.231 e. The first-order valence-corrected chi connectivity index (χ1v) is 9.19. The van der Waals surface area contributed by atoms with E-state index in [1.54, 1.807) is 23.3 Å². The van der Waals surface area contributed by atoms with Crippen LogP contribution < -0.4 is 9.64 Å². The molecular weight excluding hydrogens is 354 g/mol. The molecule has 3 nitrogen and oxygen atoms in total. The van der Waals surface area contributed by atoms with E-state index in [9.17, 15) is 4.79 Å². The summed E-state index contributed by atoms with van der Waals surface area (Å²) in [6.45, 7) is 0.435. The van der Waals surface area contributed by atoms with E-state index in [-0.39, 0.29) is 12.3 Å². The molecular formula is C20H18ClNO2S. The molecule has 1 amide bonds. The monoisotopic (exact) mass is 371 g/mol. The predicted octanol–water partition coefficient (Wildman–Crippen LogP) is 5.19. The van der Waals surface area contributed by atoms with E-state index in [4.69, 9.17) is 16.3 Å². The highest BCUT2D eigenvalue weighted by molar-refractivity contribution is 7.08. The van der Waals surface area contributed by atoms with Crippen LogP contribution in [0.2, 0.25) is 5.02 Å². The van der Waals surface area contributed by atoms with Gasteiger partial charge >= 0.3 is 0 Å². The molecule has 0 fully saturated rings. The number of para-hydroxylation sites is 1. The third kappa shape index (κ3) is 4.21. The fraction of sp³-hybridized carbons (Fsp3) is 0.150. The zero-order chi connectivity index (χ0) is 17.6. The average Bonchev–Trinajstić information content (AvgIpc) is 3.15. The molecule has 0 aliphatic rings. The Hall–Kier alpha value is -2.30. The van der Waals surface area contributed by atoms with Crippen LogP contribution in [-0.4, -0.2) is 13.0 Å². The molecule has 1 aromatic heterocycles. The third-order valence-corrected chi connectivity index (χ3v) is 4.98. The van der Waals surface area contributed by atoms with E-state index in [1.807, 2.05) is 65.4 Å². The Bertz CT molecular complexity index is 848. The van der Waals surface area contributed by atoms with Crippen molar-refractivity contribution in [2.24, 2.45) is 0 Å². The number of anilines is 1. The SMILES string of the molecule is COc1ccccc1CC(=O)N(Cc1ccccc1Cl)c1ccsc1. The van der Waals surface area contributed by atoms with E-state index >= 15 is 0 Å². The van der Waals surface area contributed by atoms with Gasteiger partial charge in [-0.15, -0.1) is 0 Å². The second kappa shape index (κ2) is 8.19. The zero-order valence-corrected chi connectivity index (χ0v) is 15.4. The van der Waals surface area contributed by atoms with Crippen LogP contribution in [0.5, 0.6) is 5.75 Å². The van der Waals surface area contributed by atoms with E-state index in [0.717, 1.165) is 22.6 Å². The number of ether oxygens (including phenoxy) is 1. The summed E-state index contributed by atoms with van der Waals surface area (Å²) in [5, 5.41) is 4.59. The van der Waals surface area contributed by atoms with Gasteiger partial charge in [0.2, 0.25) is 5.91 Å². The maximum atomic E-state index is 13.0. The van der Waals surface area contributed by atoms with Crippen molar-refractivity contribution in [3.8, 4) is 5.75 Å². The third-order valence-electron chi connectivity index (χ3n) is 3.94. The fourth-order valence-corrected chi connectivity index (χ4v) is 3.48. The molecule has 5 heteroatoms. The van der Waals surface area contributed by atoms with Gasteiger partial charge in [-0.2, -0.15) is 11.3 Å². The van der Waals surface area contributed by atoms with Crippen molar-refractivity contribution in [1.82, 2.24) is 0 Å². The van der Waals surface area contributed by atoms with Crippen LogP contribution in [0, 0.1) is 0 Å². The number of thiophene rings is 1. The molecule has 2 aromatic carbocycles. The number of nitrogens with zero attached hydrogens (tertiary/aromatic N) is 1. The van der Waals surface area contributed by atoms with E-state index < -0.39 is 0 Å². The summed E-state index contributed by atoms with van der Waals surface area (Å²) in [5.41, 5.74) is 2.67. The van der Waals surface area contributed by atoms with Gasteiger partial charge in [0.05, 0.1) is 25.8 Å². The number of methoxy groups -OCH3 is 1. The van der Waals surface area contributed by atoms with Crippen LogP contribution in [0.25, 0.3) is 0 Å². The first-order chi connectivity index (χ1) is 12.2. The number of carbonyl (C=O) groups is 1. The van der Waals surface area contributed by atoms with Crippen LogP contribution in [0.1, 0.15) is 11.1 Å². The van der Waals surface area contributed by atoms with Gasteiger partial charge in [-0.3, -0.25) is 4.79 Å². The molecule has 0 N–H and O–H groups in total. The Morgan fingerprint density at radius 1 is 1.08 bits per heavy atom. The maximum Gasteiger partial charge on any atom is 0.231 e. The zero-order valence-electron chi connectivity index (χ0n) is 13.8. The molecule has 3 rings (SSSR count). The largest absolute Gasteiger partial charge is 0.496 e. The number of halogens is 1. The van der Waals surface area contributed by atoms with Crippen molar-refractivity contribution in [2.75, 3.05) is 12.0 Å². The lowest BCUT2D eigenvalue weighted by atomic mass is 10.1. The number of hydrogen-bond donors (Lipinski definition) is 0. The molecule has 3 aromatic rings. The van der Waals surface area contributed by atoms with Gasteiger partial charge in [0, 0.05) is 16.0 Å². The summed E-state index contributed by atoms with van der Waals surface area (Å²) in [4.78, 5) is 14.8. The molecule has 128 valence electrons. The van der Waals surface area contributed by atoms with Gasteiger partial charge in [-0.25, -0.2) is 0 Å². The molecule has 0 unspecified atom stereocenters. The van der Waals surface area contributed by atoms with Crippen molar-refractivity contribution >= 4 is 34.5 Å². The molecule has 0 spiro atoms. The van der Waals surface area contributed by atoms with E-state index in [2.05, 4.69) is 0 Å². The van der Waals surface area contributed by atoms with Crippen LogP contribution in [0.4, 0.5) is 5.69 Å². The number of benzene rings is 2. The Morgan fingerprint density at radius 2 is 1.80 bits per heavy atom. The molecule has 1 heterocycles. The molecule has 25 heavy (non-hydrogen) atoms. The molecule has 0 saturated carbocycles. The minimum Gasteiger partial charge on any atom is -0.496 e. The van der Waals surface area contributed by atoms with Crippen molar-refractivity contribution in [3.63, 3.8) is 0 Å². The standard InChI is InChI=1S/C20H18ClNO2S/c1-24-19-9-5-3-6-15(19)12-20(23)22(17-10-11-25-14-17)13-16-7-2-4-8-18(16)21/h2-11,14H,12-13H2,1H3. The molecule has 0 radical (unpaired) electrons. The van der Waals surface area contributed by atoms with Crippen molar-refractivity contribution < 1.29 is 9.53 Å². The summed E-state index contributed by atoms with van der Waals surface area (Å²) in [6.07, 6.45) is 0.268. The summed E-state index contributed by atoms with van der Waals surface area (Å²) in [5.74, 6) is 0.724. The minimum atomic E-state index is 0.00261. The predicted molar refractivity (Wildman–Crippen MR) is 104 cm³/mol. The second-order valence-electron chi connectivity index (χ2n) is 5.54. The van der Waals surface area contributed by atoms with Gasteiger partial charge in [-0.05, 0) is 29.1 Å². The second-order valence-corrected chi connectivity index (χ2v) is 6.73. The Morgan fingerprint density at radius 3 is 2.48 bits per heavy atom. The average molecular weight is 372 g/mol. The minimum absolute atomic E-state index is 0.00261. The molecule has 0 aliphatic heterocycles. The maximum absolute atomic E-state index is 13.0. The lowest BCUT2D eigenvalue weighted by Gasteiger charge is -2.23. The summed E-state index contributed by atoms with van der Waals surface area (Å²) in [6, 6.07) is 17.1. The van der Waals surface area contributed by atoms with Crippen LogP contribution in [0.15, 0.2) is 65.4 Å². The summed E-state index contributed by atoms with van der Waals surface area (Å²) >= 11 is 7.85. The van der Waals surface area contributed by atoms with Gasteiger partial charge in [0.15, 0.2) is 0 Å².